The van der Waals surface area contributed by atoms with Crippen molar-refractivity contribution in [2.75, 3.05) is 13.6 Å². The van der Waals surface area contributed by atoms with E-state index in [1.54, 1.807) is 0 Å². The van der Waals surface area contributed by atoms with Crippen LogP contribution in [0, 0.1) is 5.92 Å². The van der Waals surface area contributed by atoms with Gasteiger partial charge >= 0.3 is 0 Å². The van der Waals surface area contributed by atoms with Crippen molar-refractivity contribution >= 4 is 5.78 Å². The molecule has 0 heterocycles. The molecule has 2 unspecified atom stereocenters. The average molecular weight is 211 g/mol. The van der Waals surface area contributed by atoms with Gasteiger partial charge in [-0.2, -0.15) is 0 Å². The van der Waals surface area contributed by atoms with E-state index in [0.717, 1.165) is 32.2 Å². The van der Waals surface area contributed by atoms with Gasteiger partial charge in [-0.15, -0.1) is 0 Å². The Morgan fingerprint density at radius 3 is 2.80 bits per heavy atom. The first-order chi connectivity index (χ1) is 7.15. The molecule has 0 radical (unpaired) electrons. The van der Waals surface area contributed by atoms with Crippen molar-refractivity contribution in [1.82, 2.24) is 4.90 Å². The Kier molecular flexibility index (Phi) is 5.30. The summed E-state index contributed by atoms with van der Waals surface area (Å²) in [6, 6.07) is 0.598. The largest absolute Gasteiger partial charge is 0.303 e. The zero-order chi connectivity index (χ0) is 11.3. The highest BCUT2D eigenvalue weighted by atomic mass is 16.1. The minimum absolute atomic E-state index is 0.312. The molecule has 0 aromatic carbocycles. The van der Waals surface area contributed by atoms with Crippen molar-refractivity contribution in [3.8, 4) is 0 Å². The minimum Gasteiger partial charge on any atom is -0.303 e. The van der Waals surface area contributed by atoms with Crippen molar-refractivity contribution in [1.29, 1.82) is 0 Å². The van der Waals surface area contributed by atoms with Crippen LogP contribution in [0.25, 0.3) is 0 Å². The van der Waals surface area contributed by atoms with Crippen LogP contribution >= 0.6 is 0 Å². The van der Waals surface area contributed by atoms with Crippen molar-refractivity contribution < 1.29 is 4.79 Å². The van der Waals surface area contributed by atoms with E-state index < -0.39 is 0 Å². The number of ketones is 1. The van der Waals surface area contributed by atoms with Crippen LogP contribution in [-0.4, -0.2) is 30.3 Å². The Bertz CT molecular complexity index is 203. The minimum atomic E-state index is 0.312. The molecule has 1 aliphatic carbocycles. The van der Waals surface area contributed by atoms with Gasteiger partial charge in [0.25, 0.3) is 0 Å². The van der Waals surface area contributed by atoms with Crippen molar-refractivity contribution in [2.24, 2.45) is 5.92 Å². The van der Waals surface area contributed by atoms with Gasteiger partial charge in [-0.1, -0.05) is 19.8 Å². The van der Waals surface area contributed by atoms with E-state index in [4.69, 9.17) is 0 Å². The number of rotatable bonds is 4. The van der Waals surface area contributed by atoms with Crippen molar-refractivity contribution in [3.05, 3.63) is 0 Å². The van der Waals surface area contributed by atoms with E-state index in [2.05, 4.69) is 25.8 Å². The number of carbonyl (C=O) groups is 1. The van der Waals surface area contributed by atoms with Crippen LogP contribution in [0.1, 0.15) is 52.4 Å². The number of hydrogen-bond acceptors (Lipinski definition) is 2. The standard InChI is InChI=1S/C13H25NO/c1-4-11(2)14(3)10-12-8-6-5-7-9-13(12)15/h11-12H,4-10H2,1-3H3. The van der Waals surface area contributed by atoms with Crippen LogP contribution in [-0.2, 0) is 4.79 Å². The fraction of sp³-hybridized carbons (Fsp3) is 0.923. The third-order valence-electron chi connectivity index (χ3n) is 3.78. The Labute approximate surface area is 94.0 Å². The molecule has 1 saturated carbocycles. The maximum atomic E-state index is 11.8. The zero-order valence-corrected chi connectivity index (χ0v) is 10.5. The number of hydrogen-bond donors (Lipinski definition) is 0. The summed E-state index contributed by atoms with van der Waals surface area (Å²) in [5.74, 6) is 0.814. The summed E-state index contributed by atoms with van der Waals surface area (Å²) in [4.78, 5) is 14.2. The first kappa shape index (κ1) is 12.7. The number of nitrogens with zero attached hydrogens (tertiary/aromatic N) is 1. The lowest BCUT2D eigenvalue weighted by atomic mass is 9.98. The molecule has 1 fully saturated rings. The topological polar surface area (TPSA) is 20.3 Å². The summed E-state index contributed by atoms with van der Waals surface area (Å²) >= 11 is 0. The second-order valence-electron chi connectivity index (χ2n) is 4.96. The summed E-state index contributed by atoms with van der Waals surface area (Å²) in [5, 5.41) is 0. The summed E-state index contributed by atoms with van der Waals surface area (Å²) in [7, 11) is 2.15. The van der Waals surface area contributed by atoms with Gasteiger partial charge in [0.2, 0.25) is 0 Å². The van der Waals surface area contributed by atoms with Gasteiger partial charge < -0.3 is 4.90 Å². The second kappa shape index (κ2) is 6.26. The van der Waals surface area contributed by atoms with Crippen LogP contribution in [0.2, 0.25) is 0 Å². The Balaban J connectivity index is 2.44. The van der Waals surface area contributed by atoms with E-state index >= 15 is 0 Å². The van der Waals surface area contributed by atoms with E-state index in [0.29, 0.717) is 17.7 Å². The van der Waals surface area contributed by atoms with Crippen LogP contribution < -0.4 is 0 Å². The van der Waals surface area contributed by atoms with Crippen LogP contribution in [0.15, 0.2) is 0 Å². The maximum Gasteiger partial charge on any atom is 0.137 e. The van der Waals surface area contributed by atoms with Gasteiger partial charge in [0.15, 0.2) is 0 Å². The Hall–Kier alpha value is -0.370. The van der Waals surface area contributed by atoms with Crippen LogP contribution in [0.5, 0.6) is 0 Å². The molecule has 0 bridgehead atoms. The molecule has 0 N–H and O–H groups in total. The Morgan fingerprint density at radius 2 is 2.13 bits per heavy atom. The average Bonchev–Trinajstić information content (AvgIpc) is 2.43. The molecule has 2 heteroatoms. The quantitative estimate of drug-likeness (QED) is 0.666. The van der Waals surface area contributed by atoms with Crippen LogP contribution in [0.3, 0.4) is 0 Å². The molecule has 0 aromatic heterocycles. The highest BCUT2D eigenvalue weighted by Crippen LogP contribution is 2.21. The fourth-order valence-electron chi connectivity index (χ4n) is 2.26. The molecular weight excluding hydrogens is 186 g/mol. The first-order valence-corrected chi connectivity index (χ1v) is 6.38. The van der Waals surface area contributed by atoms with E-state index in [-0.39, 0.29) is 0 Å². The Morgan fingerprint density at radius 1 is 1.40 bits per heavy atom. The molecule has 0 spiro atoms. The van der Waals surface area contributed by atoms with Gasteiger partial charge in [0.05, 0.1) is 0 Å². The number of carbonyl (C=O) groups excluding carboxylic acids is 1. The monoisotopic (exact) mass is 211 g/mol. The maximum absolute atomic E-state index is 11.8. The third kappa shape index (κ3) is 3.94. The van der Waals surface area contributed by atoms with Gasteiger partial charge in [-0.05, 0) is 33.2 Å². The smallest absolute Gasteiger partial charge is 0.137 e. The molecule has 15 heavy (non-hydrogen) atoms. The summed E-state index contributed by atoms with van der Waals surface area (Å²) in [6.07, 6.45) is 6.69. The van der Waals surface area contributed by atoms with Gasteiger partial charge in [-0.25, -0.2) is 0 Å². The molecule has 2 atom stereocenters. The van der Waals surface area contributed by atoms with Gasteiger partial charge in [0.1, 0.15) is 5.78 Å². The molecule has 88 valence electrons. The third-order valence-corrected chi connectivity index (χ3v) is 3.78. The van der Waals surface area contributed by atoms with E-state index in [1.807, 2.05) is 0 Å². The van der Waals surface area contributed by atoms with E-state index in [1.165, 1.54) is 12.8 Å². The normalized spacial score (nSPS) is 25.3. The molecule has 1 aliphatic rings. The molecule has 0 amide bonds. The fourth-order valence-corrected chi connectivity index (χ4v) is 2.26. The van der Waals surface area contributed by atoms with Gasteiger partial charge in [-0.3, -0.25) is 4.79 Å². The summed E-state index contributed by atoms with van der Waals surface area (Å²) < 4.78 is 0. The molecule has 0 aromatic rings. The SMILES string of the molecule is CCC(C)N(C)CC1CCCCCC1=O. The molecular formula is C13H25NO. The van der Waals surface area contributed by atoms with Crippen LogP contribution in [0.4, 0.5) is 0 Å². The van der Waals surface area contributed by atoms with Crippen molar-refractivity contribution in [2.45, 2.75) is 58.4 Å². The zero-order valence-electron chi connectivity index (χ0n) is 10.5. The lowest BCUT2D eigenvalue weighted by Crippen LogP contribution is -2.35. The second-order valence-corrected chi connectivity index (χ2v) is 4.96. The molecule has 0 saturated heterocycles. The number of Topliss-reactive ketones (excluding diaryl/α,β-unsaturated/α-hetero) is 1. The van der Waals surface area contributed by atoms with E-state index in [9.17, 15) is 4.79 Å². The lowest BCUT2D eigenvalue weighted by Gasteiger charge is -2.27. The molecule has 1 rings (SSSR count). The summed E-state index contributed by atoms with van der Waals surface area (Å²) in [5.41, 5.74) is 0. The highest BCUT2D eigenvalue weighted by molar-refractivity contribution is 5.81. The predicted octanol–water partition coefficient (Wildman–Crippen LogP) is 2.87. The highest BCUT2D eigenvalue weighted by Gasteiger charge is 2.23. The summed E-state index contributed by atoms with van der Waals surface area (Å²) in [6.45, 7) is 5.41. The van der Waals surface area contributed by atoms with Crippen molar-refractivity contribution in [3.63, 3.8) is 0 Å². The lowest BCUT2D eigenvalue weighted by molar-refractivity contribution is -0.123. The molecule has 2 nitrogen and oxygen atoms in total. The first-order valence-electron chi connectivity index (χ1n) is 6.38. The molecule has 0 aliphatic heterocycles. The predicted molar refractivity (Wildman–Crippen MR) is 64.0 cm³/mol. The van der Waals surface area contributed by atoms with Gasteiger partial charge in [0, 0.05) is 24.9 Å².